The van der Waals surface area contributed by atoms with Crippen molar-refractivity contribution in [2.45, 2.75) is 13.0 Å². The van der Waals surface area contributed by atoms with Crippen LogP contribution in [0.3, 0.4) is 0 Å². The first-order valence-electron chi connectivity index (χ1n) is 5.41. The zero-order valence-electron chi connectivity index (χ0n) is 9.75. The van der Waals surface area contributed by atoms with E-state index < -0.39 is 12.1 Å². The lowest BCUT2D eigenvalue weighted by Gasteiger charge is -2.06. The zero-order valence-corrected chi connectivity index (χ0v) is 9.75. The summed E-state index contributed by atoms with van der Waals surface area (Å²) in [6, 6.07) is 7.42. The molecule has 1 heterocycles. The Balaban J connectivity index is 2.45. The van der Waals surface area contributed by atoms with Gasteiger partial charge in [-0.25, -0.2) is 4.79 Å². The van der Waals surface area contributed by atoms with Crippen LogP contribution >= 0.6 is 0 Å². The highest BCUT2D eigenvalue weighted by atomic mass is 16.5. The van der Waals surface area contributed by atoms with E-state index in [1.807, 2.05) is 24.3 Å². The summed E-state index contributed by atoms with van der Waals surface area (Å²) in [6.07, 6.45) is -1.33. The minimum atomic E-state index is -1.33. The highest BCUT2D eigenvalue weighted by Gasteiger charge is 2.24. The zero-order chi connectivity index (χ0) is 12.4. The standard InChI is InChI=1S/C12H14N2O3/c1-3-17-12(16)11(15)10-8-6-4-5-7-9(8)14(2)13-10/h4-7,11,15H,3H2,1-2H3. The van der Waals surface area contributed by atoms with Crippen molar-refractivity contribution < 1.29 is 14.6 Å². The maximum atomic E-state index is 11.5. The lowest BCUT2D eigenvalue weighted by molar-refractivity contribution is -0.153. The van der Waals surface area contributed by atoms with E-state index in [9.17, 15) is 9.90 Å². The molecular weight excluding hydrogens is 220 g/mol. The van der Waals surface area contributed by atoms with Crippen molar-refractivity contribution in [3.8, 4) is 0 Å². The van der Waals surface area contributed by atoms with Gasteiger partial charge in [-0.15, -0.1) is 0 Å². The topological polar surface area (TPSA) is 64.3 Å². The van der Waals surface area contributed by atoms with Gasteiger partial charge in [-0.05, 0) is 13.0 Å². The Bertz CT molecular complexity index is 548. The molecule has 1 atom stereocenters. The van der Waals surface area contributed by atoms with Gasteiger partial charge in [0, 0.05) is 12.4 Å². The summed E-state index contributed by atoms with van der Waals surface area (Å²) in [5.41, 5.74) is 1.20. The van der Waals surface area contributed by atoms with Gasteiger partial charge < -0.3 is 9.84 Å². The minimum absolute atomic E-state index is 0.237. The van der Waals surface area contributed by atoms with Gasteiger partial charge in [0.15, 0.2) is 6.10 Å². The summed E-state index contributed by atoms with van der Waals surface area (Å²) in [4.78, 5) is 11.5. The third kappa shape index (κ3) is 2.01. The molecule has 0 radical (unpaired) electrons. The number of para-hydroxylation sites is 1. The van der Waals surface area contributed by atoms with Crippen LogP contribution in [0, 0.1) is 0 Å². The predicted molar refractivity (Wildman–Crippen MR) is 62.3 cm³/mol. The van der Waals surface area contributed by atoms with Crippen LogP contribution in [-0.4, -0.2) is 27.5 Å². The van der Waals surface area contributed by atoms with Crippen LogP contribution in [0.15, 0.2) is 24.3 Å². The SMILES string of the molecule is CCOC(=O)C(O)c1nn(C)c2ccccc12. The fourth-order valence-corrected chi connectivity index (χ4v) is 1.78. The Kier molecular flexibility index (Phi) is 3.10. The van der Waals surface area contributed by atoms with E-state index >= 15 is 0 Å². The fraction of sp³-hybridized carbons (Fsp3) is 0.333. The number of aromatic nitrogens is 2. The number of aliphatic hydroxyl groups is 1. The molecule has 0 amide bonds. The van der Waals surface area contributed by atoms with Crippen molar-refractivity contribution >= 4 is 16.9 Å². The third-order valence-corrected chi connectivity index (χ3v) is 2.56. The Morgan fingerprint density at radius 1 is 1.53 bits per heavy atom. The third-order valence-electron chi connectivity index (χ3n) is 2.56. The van der Waals surface area contributed by atoms with Crippen molar-refractivity contribution in [3.63, 3.8) is 0 Å². The molecule has 1 unspecified atom stereocenters. The van der Waals surface area contributed by atoms with Gasteiger partial charge >= 0.3 is 5.97 Å². The quantitative estimate of drug-likeness (QED) is 0.810. The molecule has 0 saturated carbocycles. The molecule has 2 rings (SSSR count). The van der Waals surface area contributed by atoms with E-state index in [1.54, 1.807) is 18.7 Å². The van der Waals surface area contributed by atoms with Crippen molar-refractivity contribution in [1.82, 2.24) is 9.78 Å². The Hall–Kier alpha value is -1.88. The van der Waals surface area contributed by atoms with Crippen LogP contribution in [0.25, 0.3) is 10.9 Å². The minimum Gasteiger partial charge on any atom is -0.464 e. The van der Waals surface area contributed by atoms with Crippen LogP contribution in [-0.2, 0) is 16.6 Å². The molecule has 0 aliphatic rings. The first kappa shape index (κ1) is 11.6. The van der Waals surface area contributed by atoms with Gasteiger partial charge in [0.25, 0.3) is 0 Å². The highest BCUT2D eigenvalue weighted by molar-refractivity contribution is 5.87. The molecule has 1 aromatic carbocycles. The van der Waals surface area contributed by atoms with Crippen LogP contribution in [0.5, 0.6) is 0 Å². The Morgan fingerprint density at radius 3 is 2.94 bits per heavy atom. The molecular formula is C12H14N2O3. The van der Waals surface area contributed by atoms with Gasteiger partial charge in [0.2, 0.25) is 0 Å². The average Bonchev–Trinajstić information content (AvgIpc) is 2.67. The number of hydrogen-bond donors (Lipinski definition) is 1. The molecule has 5 nitrogen and oxygen atoms in total. The molecule has 2 aromatic rings. The Labute approximate surface area is 98.6 Å². The van der Waals surface area contributed by atoms with E-state index in [0.717, 1.165) is 10.9 Å². The fourth-order valence-electron chi connectivity index (χ4n) is 1.78. The van der Waals surface area contributed by atoms with Gasteiger partial charge in [-0.1, -0.05) is 18.2 Å². The maximum absolute atomic E-state index is 11.5. The van der Waals surface area contributed by atoms with Crippen molar-refractivity contribution in [2.75, 3.05) is 6.61 Å². The molecule has 0 fully saturated rings. The van der Waals surface area contributed by atoms with E-state index in [0.29, 0.717) is 5.69 Å². The molecule has 0 bridgehead atoms. The lowest BCUT2D eigenvalue weighted by atomic mass is 10.1. The van der Waals surface area contributed by atoms with Crippen LogP contribution in [0.2, 0.25) is 0 Å². The number of carbonyl (C=O) groups excluding carboxylic acids is 1. The van der Waals surface area contributed by atoms with Crippen LogP contribution < -0.4 is 0 Å². The summed E-state index contributed by atoms with van der Waals surface area (Å²) in [7, 11) is 1.77. The average molecular weight is 234 g/mol. The second kappa shape index (κ2) is 4.55. The second-order valence-electron chi connectivity index (χ2n) is 3.68. The molecule has 17 heavy (non-hydrogen) atoms. The van der Waals surface area contributed by atoms with Gasteiger partial charge in [-0.3, -0.25) is 4.68 Å². The van der Waals surface area contributed by atoms with E-state index in [2.05, 4.69) is 5.10 Å². The monoisotopic (exact) mass is 234 g/mol. The summed E-state index contributed by atoms with van der Waals surface area (Å²) < 4.78 is 6.41. The molecule has 0 saturated heterocycles. The number of hydrogen-bond acceptors (Lipinski definition) is 4. The number of carbonyl (C=O) groups is 1. The van der Waals surface area contributed by atoms with Crippen LogP contribution in [0.4, 0.5) is 0 Å². The first-order chi connectivity index (χ1) is 8.15. The number of fused-ring (bicyclic) bond motifs is 1. The summed E-state index contributed by atoms with van der Waals surface area (Å²) in [6.45, 7) is 1.93. The summed E-state index contributed by atoms with van der Waals surface area (Å²) >= 11 is 0. The number of aryl methyl sites for hydroxylation is 1. The number of esters is 1. The number of benzene rings is 1. The molecule has 5 heteroatoms. The van der Waals surface area contributed by atoms with E-state index in [1.165, 1.54) is 0 Å². The highest BCUT2D eigenvalue weighted by Crippen LogP contribution is 2.23. The smallest absolute Gasteiger partial charge is 0.341 e. The molecule has 90 valence electrons. The second-order valence-corrected chi connectivity index (χ2v) is 3.68. The van der Waals surface area contributed by atoms with Gasteiger partial charge in [0.05, 0.1) is 12.1 Å². The van der Waals surface area contributed by atoms with Crippen molar-refractivity contribution in [1.29, 1.82) is 0 Å². The van der Waals surface area contributed by atoms with E-state index in [4.69, 9.17) is 4.74 Å². The molecule has 0 aliphatic carbocycles. The molecule has 1 aromatic heterocycles. The van der Waals surface area contributed by atoms with Crippen LogP contribution in [0.1, 0.15) is 18.7 Å². The maximum Gasteiger partial charge on any atom is 0.341 e. The number of ether oxygens (including phenoxy) is 1. The van der Waals surface area contributed by atoms with Gasteiger partial charge in [-0.2, -0.15) is 5.10 Å². The number of nitrogens with zero attached hydrogens (tertiary/aromatic N) is 2. The summed E-state index contributed by atoms with van der Waals surface area (Å²) in [5, 5.41) is 14.8. The van der Waals surface area contributed by atoms with Crippen molar-refractivity contribution in [2.24, 2.45) is 7.05 Å². The number of aliphatic hydroxyl groups excluding tert-OH is 1. The summed E-state index contributed by atoms with van der Waals surface area (Å²) in [5.74, 6) is -0.670. The first-order valence-corrected chi connectivity index (χ1v) is 5.41. The molecule has 0 aliphatic heterocycles. The lowest BCUT2D eigenvalue weighted by Crippen LogP contribution is -2.16. The predicted octanol–water partition coefficient (Wildman–Crippen LogP) is 1.17. The van der Waals surface area contributed by atoms with E-state index in [-0.39, 0.29) is 6.61 Å². The normalized spacial score (nSPS) is 12.6. The van der Waals surface area contributed by atoms with Gasteiger partial charge in [0.1, 0.15) is 5.69 Å². The Morgan fingerprint density at radius 2 is 2.24 bits per heavy atom. The molecule has 1 N–H and O–H groups in total. The number of rotatable bonds is 3. The molecule has 0 spiro atoms. The van der Waals surface area contributed by atoms with Crippen molar-refractivity contribution in [3.05, 3.63) is 30.0 Å². The largest absolute Gasteiger partial charge is 0.464 e.